The van der Waals surface area contributed by atoms with Crippen molar-refractivity contribution < 1.29 is 120 Å². The van der Waals surface area contributed by atoms with Crippen LogP contribution in [-0.4, -0.2) is 277 Å². The summed E-state index contributed by atoms with van der Waals surface area (Å²) in [6.07, 6.45) is -39.1. The van der Waals surface area contributed by atoms with Crippen LogP contribution in [-0.2, 0) is 38.1 Å². The number of hydrogen-bond acceptors (Lipinski definition) is 26. The topological polar surface area (TPSA) is 477 Å². The molecule has 0 bridgehead atoms. The van der Waals surface area contributed by atoms with E-state index in [2.05, 4.69) is 21.3 Å². The van der Waals surface area contributed by atoms with Gasteiger partial charge in [0.15, 0.2) is 12.6 Å². The number of carbonyl (C=O) groups excluding carboxylic acids is 4. The van der Waals surface area contributed by atoms with E-state index in [1.807, 2.05) is 0 Å². The summed E-state index contributed by atoms with van der Waals surface area (Å²) in [7, 11) is 1.69. The molecular formula is C34H58N4O24S2. The largest absolute Gasteiger partial charge is 0.394 e. The van der Waals surface area contributed by atoms with E-state index in [4.69, 9.17) is 18.9 Å². The van der Waals surface area contributed by atoms with E-state index in [1.54, 1.807) is 0 Å². The molecule has 2 heterocycles. The fraction of sp³-hybridized carbons (Fsp3) is 0.882. The Hall–Kier alpha value is -2.22. The van der Waals surface area contributed by atoms with Crippen LogP contribution < -0.4 is 21.3 Å². The van der Waals surface area contributed by atoms with Crippen LogP contribution in [0.4, 0.5) is 0 Å². The van der Waals surface area contributed by atoms with Crippen LogP contribution in [0.5, 0.6) is 0 Å². The van der Waals surface area contributed by atoms with Gasteiger partial charge in [-0.1, -0.05) is 21.6 Å². The summed E-state index contributed by atoms with van der Waals surface area (Å²) >= 11 is 0. The van der Waals surface area contributed by atoms with Gasteiger partial charge in [0.2, 0.25) is 23.6 Å². The minimum atomic E-state index is -2.07. The van der Waals surface area contributed by atoms with Gasteiger partial charge in [-0.3, -0.25) is 19.2 Å². The maximum Gasteiger partial charge on any atom is 0.243 e. The molecule has 20 atom stereocenters. The average Bonchev–Trinajstić information content (AvgIpc) is 3.25. The smallest absolute Gasteiger partial charge is 0.243 e. The summed E-state index contributed by atoms with van der Waals surface area (Å²) in [5.74, 6) is -4.25. The number of carbonyl (C=O) groups is 4. The lowest BCUT2D eigenvalue weighted by Gasteiger charge is -2.47. The number of ether oxygens (including phenoxy) is 4. The van der Waals surface area contributed by atoms with Crippen molar-refractivity contribution in [3.63, 3.8) is 0 Å². The number of nitrogens with one attached hydrogen (secondary N) is 4. The van der Waals surface area contributed by atoms with E-state index in [9.17, 15) is 101 Å². The van der Waals surface area contributed by atoms with Crippen LogP contribution in [0.25, 0.3) is 0 Å². The van der Waals surface area contributed by atoms with Gasteiger partial charge in [0.1, 0.15) is 134 Å². The Morgan fingerprint density at radius 2 is 0.750 bits per heavy atom. The first-order valence-corrected chi connectivity index (χ1v) is 22.2. The zero-order chi connectivity index (χ0) is 48.1. The predicted molar refractivity (Wildman–Crippen MR) is 209 cm³/mol. The highest BCUT2D eigenvalue weighted by Crippen LogP contribution is 2.32. The van der Waals surface area contributed by atoms with Crippen molar-refractivity contribution in [3.05, 3.63) is 0 Å². The number of hydrogen-bond donors (Lipinski definition) is 20. The number of amides is 4. The van der Waals surface area contributed by atoms with E-state index in [0.717, 1.165) is 35.4 Å². The molecule has 2 saturated heterocycles. The third-order valence-electron chi connectivity index (χ3n) is 11.0. The van der Waals surface area contributed by atoms with Gasteiger partial charge in [-0.05, 0) is 0 Å². The Labute approximate surface area is 370 Å². The number of aliphatic hydroxyl groups is 16. The Kier molecular flexibility index (Phi) is 20.1. The van der Waals surface area contributed by atoms with E-state index < -0.39 is 183 Å². The molecule has 0 radical (unpaired) electrons. The van der Waals surface area contributed by atoms with Gasteiger partial charge in [0.05, 0.1) is 13.2 Å². The van der Waals surface area contributed by atoms with E-state index in [1.165, 1.54) is 0 Å². The van der Waals surface area contributed by atoms with E-state index in [-0.39, 0.29) is 11.5 Å². The van der Waals surface area contributed by atoms with Crippen LogP contribution in [0.1, 0.15) is 13.8 Å². The molecule has 2 saturated carbocycles. The van der Waals surface area contributed by atoms with E-state index >= 15 is 0 Å². The van der Waals surface area contributed by atoms with Gasteiger partial charge in [-0.25, -0.2) is 0 Å². The van der Waals surface area contributed by atoms with Gasteiger partial charge in [-0.15, -0.1) is 0 Å². The summed E-state index contributed by atoms with van der Waals surface area (Å²) < 4.78 is 22.1. The second-order valence-electron chi connectivity index (χ2n) is 15.7. The molecule has 0 aromatic rings. The molecule has 64 heavy (non-hydrogen) atoms. The van der Waals surface area contributed by atoms with Crippen molar-refractivity contribution >= 4 is 45.2 Å². The molecule has 0 spiro atoms. The van der Waals surface area contributed by atoms with Gasteiger partial charge < -0.3 is 122 Å². The fourth-order valence-corrected chi connectivity index (χ4v) is 9.68. The molecule has 30 heteroatoms. The monoisotopic (exact) mass is 970 g/mol. The molecular weight excluding hydrogens is 913 g/mol. The third kappa shape index (κ3) is 12.5. The summed E-state index contributed by atoms with van der Waals surface area (Å²) in [5, 5.41) is 175. The lowest BCUT2D eigenvalue weighted by atomic mass is 9.84. The zero-order valence-electron chi connectivity index (χ0n) is 33.9. The van der Waals surface area contributed by atoms with Gasteiger partial charge in [0.25, 0.3) is 0 Å². The van der Waals surface area contributed by atoms with Crippen molar-refractivity contribution in [2.24, 2.45) is 0 Å². The predicted octanol–water partition coefficient (Wildman–Crippen LogP) is -12.4. The van der Waals surface area contributed by atoms with Crippen molar-refractivity contribution in [1.82, 2.24) is 21.3 Å². The molecule has 4 amide bonds. The highest BCUT2D eigenvalue weighted by Gasteiger charge is 2.55. The Morgan fingerprint density at radius 3 is 1.02 bits per heavy atom. The standard InChI is InChI=1S/C34H58N4O24S2/c1-7(41)35-9(31(57)37-13-17(45)15(43)11(3-39)59-33(13)61-29-25(53)21(49)19(47)22(50)26(29)54)5-63-64-6-10(36-8(2)42)32(58)38-14-18(46)16(44)12(4-40)60-34(14)62-30-27(55)23(51)20(48)24(52)28(30)56/h9-30,33-34,39-40,43-56H,3-6H2,1-2H3,(H,35,41)(H,36,42)(H,37,57)(H,38,58). The Morgan fingerprint density at radius 1 is 0.469 bits per heavy atom. The maximum absolute atomic E-state index is 13.6. The first kappa shape index (κ1) is 54.4. The molecule has 2 aliphatic carbocycles. The minimum Gasteiger partial charge on any atom is -0.394 e. The average molecular weight is 971 g/mol. The molecule has 4 fully saturated rings. The lowest BCUT2D eigenvalue weighted by Crippen LogP contribution is -2.70. The molecule has 20 unspecified atom stereocenters. The molecule has 0 aromatic carbocycles. The van der Waals surface area contributed by atoms with Crippen LogP contribution in [0.15, 0.2) is 0 Å². The van der Waals surface area contributed by atoms with Crippen molar-refractivity contribution in [1.29, 1.82) is 0 Å². The van der Waals surface area contributed by atoms with Crippen molar-refractivity contribution in [3.8, 4) is 0 Å². The number of rotatable bonds is 17. The Balaban J connectivity index is 1.46. The van der Waals surface area contributed by atoms with Crippen molar-refractivity contribution in [2.45, 2.75) is 160 Å². The molecule has 2 aliphatic heterocycles. The molecule has 370 valence electrons. The van der Waals surface area contributed by atoms with Crippen LogP contribution >= 0.6 is 21.6 Å². The van der Waals surface area contributed by atoms with Crippen LogP contribution in [0, 0.1) is 0 Å². The quantitative estimate of drug-likeness (QED) is 0.0475. The van der Waals surface area contributed by atoms with E-state index in [0.29, 0.717) is 0 Å². The summed E-state index contributed by atoms with van der Waals surface area (Å²) in [5.41, 5.74) is 0. The van der Waals surface area contributed by atoms with Gasteiger partial charge in [-0.2, -0.15) is 0 Å². The highest BCUT2D eigenvalue weighted by molar-refractivity contribution is 8.76. The maximum atomic E-state index is 13.6. The highest BCUT2D eigenvalue weighted by atomic mass is 33.1. The Bertz CT molecular complexity index is 1420. The van der Waals surface area contributed by atoms with Crippen LogP contribution in [0.3, 0.4) is 0 Å². The minimum absolute atomic E-state index is 0.323. The summed E-state index contributed by atoms with van der Waals surface area (Å²) in [6.45, 7) is 0.278. The summed E-state index contributed by atoms with van der Waals surface area (Å²) in [6, 6.07) is -6.55. The first-order valence-electron chi connectivity index (χ1n) is 19.7. The SMILES string of the molecule is CC(=O)NC(CSSCC(NC(C)=O)C(=O)NC1C(OC2C(O)C(O)C(O)C(O)C2O)OC(CO)C(O)C1O)C(=O)NC1C(OC2C(O)C(O)C(O)C(O)C2O)OC(CO)C(O)C1O. The number of aliphatic hydroxyl groups excluding tert-OH is 16. The second kappa shape index (κ2) is 23.7. The van der Waals surface area contributed by atoms with Crippen LogP contribution in [0.2, 0.25) is 0 Å². The van der Waals surface area contributed by atoms with Crippen molar-refractivity contribution in [2.75, 3.05) is 24.7 Å². The van der Waals surface area contributed by atoms with Gasteiger partial charge in [0, 0.05) is 25.4 Å². The normalized spacial score (nSPS) is 43.7. The lowest BCUT2D eigenvalue weighted by molar-refractivity contribution is -0.319. The zero-order valence-corrected chi connectivity index (χ0v) is 35.6. The van der Waals surface area contributed by atoms with Gasteiger partial charge >= 0.3 is 0 Å². The molecule has 20 N–H and O–H groups in total. The fourth-order valence-electron chi connectivity index (χ4n) is 7.35. The second-order valence-corrected chi connectivity index (χ2v) is 18.2. The third-order valence-corrected chi connectivity index (χ3v) is 13.5. The molecule has 4 rings (SSSR count). The summed E-state index contributed by atoms with van der Waals surface area (Å²) in [4.78, 5) is 51.6. The molecule has 4 aliphatic rings. The molecule has 0 aromatic heterocycles. The molecule has 28 nitrogen and oxygen atoms in total. The first-order chi connectivity index (χ1) is 30.0.